The largest absolute Gasteiger partial charge is 0.434 e. The molecule has 20 heavy (non-hydrogen) atoms. The first kappa shape index (κ1) is 11.3. The summed E-state index contributed by atoms with van der Waals surface area (Å²) in [7, 11) is 0. The summed E-state index contributed by atoms with van der Waals surface area (Å²) < 4.78 is 6.05. The Labute approximate surface area is 119 Å². The van der Waals surface area contributed by atoms with E-state index in [4.69, 9.17) is 16.6 Å². The van der Waals surface area contributed by atoms with Crippen molar-refractivity contribution >= 4 is 23.3 Å². The zero-order valence-electron chi connectivity index (χ0n) is 10.3. The molecule has 0 fully saturated rings. The van der Waals surface area contributed by atoms with E-state index in [2.05, 4.69) is 27.1 Å². The third-order valence-corrected chi connectivity index (χ3v) is 3.34. The Bertz CT molecular complexity index is 927. The van der Waals surface area contributed by atoms with Gasteiger partial charge in [-0.15, -0.1) is 0 Å². The molecule has 4 rings (SSSR count). The fourth-order valence-electron chi connectivity index (χ4n) is 2.21. The Morgan fingerprint density at radius 1 is 0.950 bits per heavy atom. The van der Waals surface area contributed by atoms with E-state index in [1.54, 1.807) is 0 Å². The highest BCUT2D eigenvalue weighted by Gasteiger charge is 2.12. The summed E-state index contributed by atoms with van der Waals surface area (Å²) in [5.74, 6) is 1.02. The van der Waals surface area contributed by atoms with E-state index in [-0.39, 0.29) is 0 Å². The molecule has 0 atom stereocenters. The number of rotatable bonds is 1. The molecule has 2 aliphatic heterocycles. The second-order valence-electron chi connectivity index (χ2n) is 4.46. The van der Waals surface area contributed by atoms with Crippen molar-refractivity contribution in [2.24, 2.45) is 0 Å². The first-order valence-electron chi connectivity index (χ1n) is 6.16. The number of H-pyrrole nitrogens is 1. The highest BCUT2D eigenvalue weighted by atomic mass is 32.1. The normalized spacial score (nSPS) is 11.2. The molecule has 2 heterocycles. The Hall–Kier alpha value is -2.53. The van der Waals surface area contributed by atoms with Crippen LogP contribution in [0.1, 0.15) is 0 Å². The first-order chi connectivity index (χ1) is 9.79. The van der Waals surface area contributed by atoms with Gasteiger partial charge in [0.2, 0.25) is 4.77 Å². The molecule has 0 saturated carbocycles. The maximum absolute atomic E-state index is 5.76. The molecule has 96 valence electrons. The topological polar surface area (TPSA) is 54.7 Å². The standard InChI is InChI=1S/C15H9N3OS/c20-15-17-13-14(18-15)19-12-8-10(6-7-11(12)16-13)9-4-2-1-3-5-9/h1-8H,(H,16,17,20). The molecule has 5 heteroatoms. The Balaban J connectivity index is 1.97. The number of benzene rings is 2. The van der Waals surface area contributed by atoms with Gasteiger partial charge in [0, 0.05) is 0 Å². The number of hydrogen-bond donors (Lipinski definition) is 1. The van der Waals surface area contributed by atoms with Crippen LogP contribution in [0.5, 0.6) is 0 Å². The van der Waals surface area contributed by atoms with Crippen LogP contribution in [0.15, 0.2) is 52.9 Å². The molecular formula is C15H9N3OS. The Morgan fingerprint density at radius 3 is 2.65 bits per heavy atom. The van der Waals surface area contributed by atoms with E-state index in [1.165, 1.54) is 0 Å². The van der Waals surface area contributed by atoms with Crippen molar-refractivity contribution in [1.82, 2.24) is 15.0 Å². The number of nitrogens with one attached hydrogen (secondary N) is 1. The SMILES string of the molecule is S=c1nc2[nH]c3ccc(-c4ccccc4)cc3oc-2n1. The van der Waals surface area contributed by atoms with Gasteiger partial charge in [-0.2, -0.15) is 9.97 Å². The van der Waals surface area contributed by atoms with Crippen molar-refractivity contribution in [2.75, 3.05) is 0 Å². The predicted molar refractivity (Wildman–Crippen MR) is 79.0 cm³/mol. The van der Waals surface area contributed by atoms with Gasteiger partial charge >= 0.3 is 0 Å². The molecule has 2 aliphatic rings. The van der Waals surface area contributed by atoms with Crippen LogP contribution in [0.4, 0.5) is 0 Å². The molecule has 0 saturated heterocycles. The maximum atomic E-state index is 5.76. The smallest absolute Gasteiger partial charge is 0.266 e. The van der Waals surface area contributed by atoms with Gasteiger partial charge < -0.3 is 9.40 Å². The molecule has 0 amide bonds. The van der Waals surface area contributed by atoms with Crippen molar-refractivity contribution in [3.8, 4) is 22.8 Å². The number of hydrogen-bond acceptors (Lipinski definition) is 4. The summed E-state index contributed by atoms with van der Waals surface area (Å²) in [4.78, 5) is 11.3. The first-order valence-corrected chi connectivity index (χ1v) is 6.56. The maximum Gasteiger partial charge on any atom is 0.266 e. The van der Waals surface area contributed by atoms with Crippen LogP contribution in [0.2, 0.25) is 0 Å². The number of fused-ring (bicyclic) bond motifs is 2. The van der Waals surface area contributed by atoms with Gasteiger partial charge in [0.1, 0.15) is 0 Å². The van der Waals surface area contributed by atoms with Gasteiger partial charge in [-0.05, 0) is 35.5 Å². The summed E-state index contributed by atoms with van der Waals surface area (Å²) in [6.45, 7) is 0. The molecule has 4 nitrogen and oxygen atoms in total. The molecule has 2 aromatic carbocycles. The number of aromatic amines is 1. The summed E-state index contributed by atoms with van der Waals surface area (Å²) in [6, 6.07) is 16.1. The van der Waals surface area contributed by atoms with E-state index in [1.807, 2.05) is 36.4 Å². The van der Waals surface area contributed by atoms with Crippen LogP contribution in [-0.4, -0.2) is 15.0 Å². The van der Waals surface area contributed by atoms with E-state index in [0.717, 1.165) is 22.2 Å². The Kier molecular flexibility index (Phi) is 2.40. The average molecular weight is 279 g/mol. The highest BCUT2D eigenvalue weighted by molar-refractivity contribution is 7.71. The van der Waals surface area contributed by atoms with Gasteiger partial charge in [0.05, 0.1) is 5.52 Å². The third-order valence-electron chi connectivity index (χ3n) is 3.16. The number of nitrogens with zero attached hydrogens (tertiary/aromatic N) is 2. The van der Waals surface area contributed by atoms with Gasteiger partial charge in [0.15, 0.2) is 11.4 Å². The van der Waals surface area contributed by atoms with Crippen LogP contribution in [0.3, 0.4) is 0 Å². The van der Waals surface area contributed by atoms with Gasteiger partial charge in [-0.3, -0.25) is 0 Å². The number of imidazole rings is 1. The quantitative estimate of drug-likeness (QED) is 0.534. The van der Waals surface area contributed by atoms with Gasteiger partial charge in [0.25, 0.3) is 5.89 Å². The molecule has 0 spiro atoms. The van der Waals surface area contributed by atoms with Crippen LogP contribution in [0, 0.1) is 4.77 Å². The third kappa shape index (κ3) is 1.80. The fraction of sp³-hybridized carbons (Fsp3) is 0. The second kappa shape index (κ2) is 4.25. The minimum atomic E-state index is 0.290. The minimum absolute atomic E-state index is 0.290. The fourth-order valence-corrected chi connectivity index (χ4v) is 2.39. The monoisotopic (exact) mass is 279 g/mol. The van der Waals surface area contributed by atoms with E-state index >= 15 is 0 Å². The summed E-state index contributed by atoms with van der Waals surface area (Å²) in [5, 5.41) is 0. The molecule has 1 N–H and O–H groups in total. The molecule has 0 bridgehead atoms. The molecule has 0 aromatic heterocycles. The minimum Gasteiger partial charge on any atom is -0.434 e. The van der Waals surface area contributed by atoms with E-state index in [0.29, 0.717) is 16.5 Å². The van der Waals surface area contributed by atoms with Crippen LogP contribution < -0.4 is 0 Å². The lowest BCUT2D eigenvalue weighted by Gasteiger charge is -2.05. The van der Waals surface area contributed by atoms with Crippen molar-refractivity contribution in [3.63, 3.8) is 0 Å². The lowest BCUT2D eigenvalue weighted by Crippen LogP contribution is -1.87. The highest BCUT2D eigenvalue weighted by Crippen LogP contribution is 2.27. The Morgan fingerprint density at radius 2 is 1.80 bits per heavy atom. The molecule has 0 unspecified atom stereocenters. The summed E-state index contributed by atoms with van der Waals surface area (Å²) in [5.41, 5.74) is 3.83. The van der Waals surface area contributed by atoms with E-state index < -0.39 is 0 Å². The van der Waals surface area contributed by atoms with Crippen LogP contribution in [0.25, 0.3) is 33.9 Å². The molecule has 0 radical (unpaired) electrons. The zero-order valence-corrected chi connectivity index (χ0v) is 11.1. The molecule has 0 aliphatic carbocycles. The van der Waals surface area contributed by atoms with Gasteiger partial charge in [-0.25, -0.2) is 0 Å². The average Bonchev–Trinajstić information content (AvgIpc) is 2.84. The van der Waals surface area contributed by atoms with Gasteiger partial charge in [-0.1, -0.05) is 36.4 Å². The van der Waals surface area contributed by atoms with Crippen molar-refractivity contribution in [3.05, 3.63) is 53.3 Å². The number of aromatic nitrogens is 3. The van der Waals surface area contributed by atoms with Crippen molar-refractivity contribution in [1.29, 1.82) is 0 Å². The lowest BCUT2D eigenvalue weighted by atomic mass is 10.1. The van der Waals surface area contributed by atoms with Crippen LogP contribution in [-0.2, 0) is 0 Å². The van der Waals surface area contributed by atoms with E-state index in [9.17, 15) is 0 Å². The predicted octanol–water partition coefficient (Wildman–Crippen LogP) is 4.05. The molecular weight excluding hydrogens is 270 g/mol. The zero-order chi connectivity index (χ0) is 13.5. The van der Waals surface area contributed by atoms with Crippen molar-refractivity contribution < 1.29 is 4.42 Å². The second-order valence-corrected chi connectivity index (χ2v) is 4.83. The van der Waals surface area contributed by atoms with Crippen molar-refractivity contribution in [2.45, 2.75) is 0 Å². The lowest BCUT2D eigenvalue weighted by molar-refractivity contribution is 0.596. The summed E-state index contributed by atoms with van der Waals surface area (Å²) in [6.07, 6.45) is 0. The summed E-state index contributed by atoms with van der Waals surface area (Å²) >= 11 is 4.95. The molecule has 2 aromatic rings. The van der Waals surface area contributed by atoms with Crippen LogP contribution >= 0.6 is 12.2 Å².